The highest BCUT2D eigenvalue weighted by Gasteiger charge is 2.31. The Balaban J connectivity index is 1.40. The van der Waals surface area contributed by atoms with Crippen molar-refractivity contribution >= 4 is 16.9 Å². The number of hydrogen-bond donors (Lipinski definition) is 1. The lowest BCUT2D eigenvalue weighted by Gasteiger charge is -2.47. The number of nitrogens with one attached hydrogen (secondary N) is 1. The van der Waals surface area contributed by atoms with Crippen molar-refractivity contribution in [2.45, 2.75) is 6.04 Å². The Morgan fingerprint density at radius 2 is 1.88 bits per heavy atom. The first kappa shape index (κ1) is 14.8. The van der Waals surface area contributed by atoms with E-state index in [1.54, 1.807) is 6.33 Å². The van der Waals surface area contributed by atoms with E-state index in [2.05, 4.69) is 30.2 Å². The van der Waals surface area contributed by atoms with E-state index in [-0.39, 0.29) is 0 Å². The van der Waals surface area contributed by atoms with Gasteiger partial charge in [-0.15, -0.1) is 0 Å². The minimum Gasteiger partial charge on any atom is -0.368 e. The number of aromatic nitrogens is 4. The van der Waals surface area contributed by atoms with Crippen LogP contribution < -0.4 is 5.32 Å². The average molecular weight is 335 g/mol. The quantitative estimate of drug-likeness (QED) is 0.774. The third-order valence-electron chi connectivity index (χ3n) is 5.26. The lowest BCUT2D eigenvalue weighted by Crippen LogP contribution is -2.62. The molecule has 6 rings (SSSR count). The first-order chi connectivity index (χ1) is 12.4. The summed E-state index contributed by atoms with van der Waals surface area (Å²) in [6.07, 6.45) is 3.46. The summed E-state index contributed by atoms with van der Waals surface area (Å²) in [5.74, 6) is 0.866. The molecule has 3 fully saturated rings. The molecule has 1 N–H and O–H groups in total. The fourth-order valence-electron chi connectivity index (χ4n) is 3.88. The molecule has 0 spiro atoms. The smallest absolute Gasteiger partial charge is 0.168 e. The maximum absolute atomic E-state index is 4.51. The van der Waals surface area contributed by atoms with Crippen molar-refractivity contribution in [1.82, 2.24) is 29.5 Å². The summed E-state index contributed by atoms with van der Waals surface area (Å²) in [6, 6.07) is 10.6. The molecule has 128 valence electrons. The van der Waals surface area contributed by atoms with Crippen molar-refractivity contribution in [3.05, 3.63) is 42.9 Å². The van der Waals surface area contributed by atoms with Gasteiger partial charge in [-0.1, -0.05) is 18.2 Å². The van der Waals surface area contributed by atoms with Gasteiger partial charge in [0.1, 0.15) is 12.1 Å². The topological polar surface area (TPSA) is 62.1 Å². The molecule has 1 aromatic carbocycles. The average Bonchev–Trinajstić information content (AvgIpc) is 3.13. The van der Waals surface area contributed by atoms with E-state index >= 15 is 0 Å². The van der Waals surface area contributed by atoms with Crippen molar-refractivity contribution in [2.75, 3.05) is 44.6 Å². The number of hydrogen-bond acceptors (Lipinski definition) is 6. The van der Waals surface area contributed by atoms with Crippen LogP contribution in [0.3, 0.4) is 0 Å². The second kappa shape index (κ2) is 6.09. The molecule has 7 heteroatoms. The van der Waals surface area contributed by atoms with Gasteiger partial charge in [-0.05, 0) is 12.1 Å². The largest absolute Gasteiger partial charge is 0.368 e. The summed E-state index contributed by atoms with van der Waals surface area (Å²) in [5.41, 5.74) is 1.84. The Labute approximate surface area is 146 Å². The van der Waals surface area contributed by atoms with Gasteiger partial charge in [-0.2, -0.15) is 5.10 Å². The van der Waals surface area contributed by atoms with Crippen LogP contribution in [0.5, 0.6) is 0 Å². The third kappa shape index (κ3) is 2.65. The Morgan fingerprint density at radius 3 is 2.64 bits per heavy atom. The minimum atomic E-state index is 0.552. The Hall–Kier alpha value is -2.51. The summed E-state index contributed by atoms with van der Waals surface area (Å²) in [4.78, 5) is 14.0. The number of benzene rings is 1. The predicted octanol–water partition coefficient (Wildman–Crippen LogP) is 1.23. The van der Waals surface area contributed by atoms with E-state index in [0.717, 1.165) is 35.6 Å². The molecular formula is C18H21N7. The normalized spacial score (nSPS) is 25.4. The fourth-order valence-corrected chi connectivity index (χ4v) is 3.88. The van der Waals surface area contributed by atoms with Crippen molar-refractivity contribution in [3.63, 3.8) is 0 Å². The van der Waals surface area contributed by atoms with Crippen LogP contribution in [0, 0.1) is 0 Å². The number of nitrogens with zero attached hydrogens (tertiary/aromatic N) is 6. The summed E-state index contributed by atoms with van der Waals surface area (Å²) < 4.78 is 1.86. The zero-order valence-corrected chi connectivity index (χ0v) is 14.0. The number of para-hydroxylation sites is 1. The summed E-state index contributed by atoms with van der Waals surface area (Å²) >= 11 is 0. The molecule has 1 atom stereocenters. The van der Waals surface area contributed by atoms with Gasteiger partial charge in [0.25, 0.3) is 0 Å². The maximum atomic E-state index is 4.51. The van der Waals surface area contributed by atoms with Gasteiger partial charge in [0.2, 0.25) is 0 Å². The van der Waals surface area contributed by atoms with E-state index < -0.39 is 0 Å². The summed E-state index contributed by atoms with van der Waals surface area (Å²) in [6.45, 7) is 6.81. The predicted molar refractivity (Wildman–Crippen MR) is 97.0 cm³/mol. The monoisotopic (exact) mass is 335 g/mol. The highest BCUT2D eigenvalue weighted by Crippen LogP contribution is 2.22. The Morgan fingerprint density at radius 1 is 1.04 bits per heavy atom. The number of rotatable bonds is 4. The van der Waals surface area contributed by atoms with Crippen molar-refractivity contribution in [1.29, 1.82) is 0 Å². The molecule has 3 aliphatic rings. The van der Waals surface area contributed by atoms with Gasteiger partial charge in [0, 0.05) is 45.3 Å². The molecule has 0 aliphatic carbocycles. The Bertz CT molecular complexity index is 868. The van der Waals surface area contributed by atoms with Crippen LogP contribution in [0.25, 0.3) is 16.7 Å². The molecule has 7 nitrogen and oxygen atoms in total. The van der Waals surface area contributed by atoms with Crippen molar-refractivity contribution in [2.24, 2.45) is 0 Å². The SMILES string of the molecule is c1ccc(-n2ncc3c(NCC4CN5CCN4CC5)ncnc32)cc1. The van der Waals surface area contributed by atoms with Gasteiger partial charge in [-0.25, -0.2) is 14.6 Å². The number of fused-ring (bicyclic) bond motifs is 4. The maximum Gasteiger partial charge on any atom is 0.168 e. The molecule has 0 amide bonds. The number of anilines is 1. The van der Waals surface area contributed by atoms with Gasteiger partial charge < -0.3 is 5.32 Å². The molecule has 5 heterocycles. The summed E-state index contributed by atoms with van der Waals surface area (Å²) in [5, 5.41) is 9.01. The van der Waals surface area contributed by atoms with Crippen LogP contribution in [0.1, 0.15) is 0 Å². The fraction of sp³-hybridized carbons (Fsp3) is 0.389. The first-order valence-electron chi connectivity index (χ1n) is 8.83. The Kier molecular flexibility index (Phi) is 3.61. The van der Waals surface area contributed by atoms with E-state index in [4.69, 9.17) is 0 Å². The lowest BCUT2D eigenvalue weighted by atomic mass is 10.1. The molecule has 0 radical (unpaired) electrons. The van der Waals surface area contributed by atoms with Gasteiger partial charge >= 0.3 is 0 Å². The zero-order chi connectivity index (χ0) is 16.6. The molecule has 25 heavy (non-hydrogen) atoms. The van der Waals surface area contributed by atoms with Gasteiger partial charge in [0.15, 0.2) is 5.65 Å². The molecule has 3 aromatic rings. The van der Waals surface area contributed by atoms with E-state index in [1.807, 2.05) is 41.2 Å². The molecule has 1 unspecified atom stereocenters. The van der Waals surface area contributed by atoms with Crippen LogP contribution in [0.4, 0.5) is 5.82 Å². The number of piperazine rings is 3. The molecule has 2 aromatic heterocycles. The van der Waals surface area contributed by atoms with Crippen LogP contribution in [-0.2, 0) is 0 Å². The highest BCUT2D eigenvalue weighted by molar-refractivity contribution is 5.87. The minimum absolute atomic E-state index is 0.552. The summed E-state index contributed by atoms with van der Waals surface area (Å²) in [7, 11) is 0. The van der Waals surface area contributed by atoms with E-state index in [1.165, 1.54) is 26.2 Å². The molecule has 0 saturated carbocycles. The standard InChI is InChI=1S/C18H21N7/c1-2-4-14(5-3-1)25-18-16(11-22-25)17(20-13-21-18)19-10-15-12-23-6-8-24(15)9-7-23/h1-5,11,13,15H,6-10,12H2,(H,19,20,21). The van der Waals surface area contributed by atoms with Crippen LogP contribution in [-0.4, -0.2) is 74.9 Å². The zero-order valence-electron chi connectivity index (χ0n) is 14.0. The lowest BCUT2D eigenvalue weighted by molar-refractivity contribution is 0.0189. The second-order valence-corrected chi connectivity index (χ2v) is 6.72. The van der Waals surface area contributed by atoms with E-state index in [0.29, 0.717) is 6.04 Å². The van der Waals surface area contributed by atoms with Gasteiger partial charge in [-0.3, -0.25) is 9.80 Å². The van der Waals surface area contributed by atoms with Crippen molar-refractivity contribution in [3.8, 4) is 5.69 Å². The van der Waals surface area contributed by atoms with E-state index in [9.17, 15) is 0 Å². The van der Waals surface area contributed by atoms with Crippen molar-refractivity contribution < 1.29 is 0 Å². The molecule has 3 saturated heterocycles. The third-order valence-corrected chi connectivity index (χ3v) is 5.26. The molecular weight excluding hydrogens is 314 g/mol. The highest BCUT2D eigenvalue weighted by atomic mass is 15.4. The molecule has 3 aliphatic heterocycles. The van der Waals surface area contributed by atoms with Gasteiger partial charge in [0.05, 0.1) is 17.3 Å². The van der Waals surface area contributed by atoms with Crippen LogP contribution >= 0.6 is 0 Å². The van der Waals surface area contributed by atoms with Crippen LogP contribution in [0.15, 0.2) is 42.9 Å². The molecule has 2 bridgehead atoms. The first-order valence-corrected chi connectivity index (χ1v) is 8.83. The van der Waals surface area contributed by atoms with Crippen LogP contribution in [0.2, 0.25) is 0 Å². The second-order valence-electron chi connectivity index (χ2n) is 6.72.